The van der Waals surface area contributed by atoms with Gasteiger partial charge in [0.05, 0.1) is 18.3 Å². The molecule has 134 valence electrons. The highest BCUT2D eigenvalue weighted by Gasteiger charge is 2.24. The molecule has 0 saturated carbocycles. The van der Waals surface area contributed by atoms with Crippen LogP contribution in [0.4, 0.5) is 5.69 Å². The van der Waals surface area contributed by atoms with Crippen LogP contribution in [0.2, 0.25) is 0 Å². The number of likely N-dealkylation sites (tertiary alicyclic amines) is 1. The van der Waals surface area contributed by atoms with Crippen LogP contribution in [-0.4, -0.2) is 41.6 Å². The number of benzene rings is 1. The molecule has 6 nitrogen and oxygen atoms in total. The molecule has 0 bridgehead atoms. The zero-order valence-corrected chi connectivity index (χ0v) is 15.2. The lowest BCUT2D eigenvalue weighted by Gasteiger charge is -2.29. The molecule has 1 aromatic rings. The number of hydrogen-bond acceptors (Lipinski definition) is 5. The van der Waals surface area contributed by atoms with Crippen molar-refractivity contribution in [1.29, 1.82) is 5.26 Å². The summed E-state index contributed by atoms with van der Waals surface area (Å²) in [7, 11) is 0. The van der Waals surface area contributed by atoms with E-state index in [2.05, 4.69) is 11.4 Å². The third kappa shape index (κ3) is 6.07. The maximum absolute atomic E-state index is 12.4. The van der Waals surface area contributed by atoms with Crippen molar-refractivity contribution < 1.29 is 9.59 Å². The molecular formula is C18H24N4O2S. The van der Waals surface area contributed by atoms with E-state index in [1.165, 1.54) is 0 Å². The fourth-order valence-corrected chi connectivity index (χ4v) is 3.82. The summed E-state index contributed by atoms with van der Waals surface area (Å²) in [5, 5.41) is 11.9. The quantitative estimate of drug-likeness (QED) is 0.726. The smallest absolute Gasteiger partial charge is 0.238 e. The molecule has 0 radical (unpaired) electrons. The maximum Gasteiger partial charge on any atom is 0.238 e. The largest absolute Gasteiger partial charge is 0.369 e. The molecule has 1 fully saturated rings. The molecule has 3 N–H and O–H groups in total. The zero-order valence-electron chi connectivity index (χ0n) is 14.4. The van der Waals surface area contributed by atoms with Crippen LogP contribution in [0.3, 0.4) is 0 Å². The van der Waals surface area contributed by atoms with Crippen LogP contribution in [-0.2, 0) is 9.59 Å². The summed E-state index contributed by atoms with van der Waals surface area (Å²) in [6, 6.07) is 9.79. The topological polar surface area (TPSA) is 99.2 Å². The van der Waals surface area contributed by atoms with Crippen molar-refractivity contribution in [2.75, 3.05) is 25.0 Å². The maximum atomic E-state index is 12.4. The predicted octanol–water partition coefficient (Wildman–Crippen LogP) is 2.22. The number of nitrogens with two attached hydrogens (primary N) is 1. The summed E-state index contributed by atoms with van der Waals surface area (Å²) < 4.78 is 0. The molecule has 25 heavy (non-hydrogen) atoms. The molecule has 0 spiro atoms. The molecule has 7 heteroatoms. The number of nitriles is 1. The first-order chi connectivity index (χ1) is 12.0. The van der Waals surface area contributed by atoms with Crippen molar-refractivity contribution in [3.63, 3.8) is 0 Å². The van der Waals surface area contributed by atoms with E-state index in [9.17, 15) is 9.59 Å². The number of rotatable bonds is 7. The van der Waals surface area contributed by atoms with E-state index < -0.39 is 0 Å². The number of thioether (sulfide) groups is 1. The molecule has 2 rings (SSSR count). The van der Waals surface area contributed by atoms with Gasteiger partial charge in [-0.2, -0.15) is 5.26 Å². The average Bonchev–Trinajstić information content (AvgIpc) is 2.57. The van der Waals surface area contributed by atoms with Crippen LogP contribution in [0.25, 0.3) is 0 Å². The zero-order chi connectivity index (χ0) is 18.2. The summed E-state index contributed by atoms with van der Waals surface area (Å²) in [6.07, 6.45) is 1.88. The summed E-state index contributed by atoms with van der Waals surface area (Å²) in [5.74, 6) is -0.391. The molecule has 1 saturated heterocycles. The Kier molecular flexibility index (Phi) is 7.29. The molecule has 0 unspecified atom stereocenters. The Labute approximate surface area is 152 Å². The van der Waals surface area contributed by atoms with E-state index in [4.69, 9.17) is 11.0 Å². The van der Waals surface area contributed by atoms with Crippen LogP contribution in [0, 0.1) is 17.2 Å². The Morgan fingerprint density at radius 2 is 2.08 bits per heavy atom. The van der Waals surface area contributed by atoms with Gasteiger partial charge in [0.25, 0.3) is 0 Å². The van der Waals surface area contributed by atoms with Gasteiger partial charge in [-0.3, -0.25) is 14.5 Å². The first-order valence-electron chi connectivity index (χ1n) is 8.43. The number of amides is 2. The molecular weight excluding hydrogens is 336 g/mol. The van der Waals surface area contributed by atoms with Crippen molar-refractivity contribution in [2.45, 2.75) is 36.3 Å². The Bertz CT molecular complexity index is 651. The molecule has 0 aromatic heterocycles. The van der Waals surface area contributed by atoms with Gasteiger partial charge >= 0.3 is 0 Å². The Hall–Kier alpha value is -2.04. The highest BCUT2D eigenvalue weighted by Crippen LogP contribution is 2.31. The normalized spacial score (nSPS) is 16.8. The van der Waals surface area contributed by atoms with E-state index in [1.807, 2.05) is 36.1 Å². The number of anilines is 1. The van der Waals surface area contributed by atoms with Gasteiger partial charge in [0.1, 0.15) is 0 Å². The number of piperidine rings is 1. The van der Waals surface area contributed by atoms with E-state index in [-0.39, 0.29) is 23.0 Å². The number of nitrogens with zero attached hydrogens (tertiary/aromatic N) is 2. The minimum Gasteiger partial charge on any atom is -0.369 e. The van der Waals surface area contributed by atoms with Crippen LogP contribution in [0.1, 0.15) is 26.2 Å². The second-order valence-corrected chi connectivity index (χ2v) is 7.77. The van der Waals surface area contributed by atoms with Crippen molar-refractivity contribution in [3.05, 3.63) is 24.3 Å². The lowest BCUT2D eigenvalue weighted by Crippen LogP contribution is -2.42. The predicted molar refractivity (Wildman–Crippen MR) is 99.0 cm³/mol. The van der Waals surface area contributed by atoms with Crippen molar-refractivity contribution >= 4 is 29.3 Å². The molecule has 1 aromatic carbocycles. The van der Waals surface area contributed by atoms with Gasteiger partial charge < -0.3 is 11.1 Å². The fraction of sp³-hybridized carbons (Fsp3) is 0.500. The monoisotopic (exact) mass is 360 g/mol. The van der Waals surface area contributed by atoms with Gasteiger partial charge in [-0.25, -0.2) is 0 Å². The first kappa shape index (κ1) is 19.3. The lowest BCUT2D eigenvalue weighted by molar-refractivity contribution is -0.123. The molecule has 1 aliphatic rings. The molecule has 2 amide bonds. The minimum absolute atomic E-state index is 0.0708. The van der Waals surface area contributed by atoms with Crippen LogP contribution < -0.4 is 11.1 Å². The molecule has 0 aliphatic carbocycles. The van der Waals surface area contributed by atoms with Crippen LogP contribution >= 0.6 is 11.8 Å². The van der Waals surface area contributed by atoms with Gasteiger partial charge in [-0.1, -0.05) is 19.1 Å². The number of nitrogens with one attached hydrogen (secondary N) is 1. The molecule has 1 atom stereocenters. The van der Waals surface area contributed by atoms with Gasteiger partial charge in [0.15, 0.2) is 0 Å². The van der Waals surface area contributed by atoms with Gasteiger partial charge in [0, 0.05) is 22.5 Å². The van der Waals surface area contributed by atoms with Gasteiger partial charge in [-0.15, -0.1) is 11.8 Å². The number of hydrogen-bond donors (Lipinski definition) is 2. The van der Waals surface area contributed by atoms with Crippen molar-refractivity contribution in [3.8, 4) is 6.07 Å². The first-order valence-corrected chi connectivity index (χ1v) is 9.31. The summed E-state index contributed by atoms with van der Waals surface area (Å²) in [6.45, 7) is 3.71. The third-order valence-electron chi connectivity index (χ3n) is 4.23. The molecule has 1 heterocycles. The Morgan fingerprint density at radius 3 is 2.72 bits per heavy atom. The summed E-state index contributed by atoms with van der Waals surface area (Å²) in [4.78, 5) is 26.6. The minimum atomic E-state index is -0.249. The van der Waals surface area contributed by atoms with Crippen LogP contribution in [0.5, 0.6) is 0 Å². The fourth-order valence-electron chi connectivity index (χ4n) is 2.83. The standard InChI is InChI=1S/C18H24N4O2S/c1-13(6-9-19)25-16-5-3-2-4-15(16)21-17(23)12-22-10-7-14(8-11-22)18(20)24/h2-5,13-14H,6-8,10-12H2,1H3,(H2,20,24)(H,21,23)/t13-/m1/s1. The van der Waals surface area contributed by atoms with Crippen LogP contribution in [0.15, 0.2) is 29.2 Å². The second-order valence-electron chi connectivity index (χ2n) is 6.29. The molecule has 1 aliphatic heterocycles. The van der Waals surface area contributed by atoms with Gasteiger partial charge in [0.2, 0.25) is 11.8 Å². The Morgan fingerprint density at radius 1 is 1.40 bits per heavy atom. The van der Waals surface area contributed by atoms with E-state index in [1.54, 1.807) is 11.8 Å². The highest BCUT2D eigenvalue weighted by atomic mass is 32.2. The van der Waals surface area contributed by atoms with Crippen molar-refractivity contribution in [1.82, 2.24) is 4.90 Å². The van der Waals surface area contributed by atoms with Gasteiger partial charge in [-0.05, 0) is 38.1 Å². The van der Waals surface area contributed by atoms with E-state index in [0.717, 1.165) is 10.6 Å². The lowest BCUT2D eigenvalue weighted by atomic mass is 9.96. The number of primary amides is 1. The highest BCUT2D eigenvalue weighted by molar-refractivity contribution is 8.00. The summed E-state index contributed by atoms with van der Waals surface area (Å²) in [5.41, 5.74) is 6.11. The number of carbonyl (C=O) groups is 2. The Balaban J connectivity index is 1.89. The van der Waals surface area contributed by atoms with Crippen molar-refractivity contribution in [2.24, 2.45) is 11.7 Å². The van der Waals surface area contributed by atoms with E-state index >= 15 is 0 Å². The number of carbonyl (C=O) groups excluding carboxylic acids is 2. The third-order valence-corrected chi connectivity index (χ3v) is 5.40. The SMILES string of the molecule is C[C@H](CC#N)Sc1ccccc1NC(=O)CN1CCC(C(N)=O)CC1. The second kappa shape index (κ2) is 9.44. The average molecular weight is 360 g/mol. The number of para-hydroxylation sites is 1. The summed E-state index contributed by atoms with van der Waals surface area (Å²) >= 11 is 1.58. The van der Waals surface area contributed by atoms with E-state index in [0.29, 0.717) is 38.9 Å².